The van der Waals surface area contributed by atoms with Crippen LogP contribution in [0.1, 0.15) is 37.6 Å². The summed E-state index contributed by atoms with van der Waals surface area (Å²) in [7, 11) is -3.24. The first-order chi connectivity index (χ1) is 9.22. The van der Waals surface area contributed by atoms with Gasteiger partial charge in [0.2, 0.25) is 10.0 Å². The molecule has 20 heavy (non-hydrogen) atoms. The van der Waals surface area contributed by atoms with Crippen LogP contribution in [-0.2, 0) is 16.6 Å². The Morgan fingerprint density at radius 1 is 1.40 bits per heavy atom. The van der Waals surface area contributed by atoms with Crippen molar-refractivity contribution in [2.45, 2.75) is 33.7 Å². The highest BCUT2D eigenvalue weighted by molar-refractivity contribution is 7.89. The van der Waals surface area contributed by atoms with Crippen molar-refractivity contribution in [3.63, 3.8) is 0 Å². The molecule has 0 bridgehead atoms. The minimum atomic E-state index is -3.24. The van der Waals surface area contributed by atoms with Gasteiger partial charge in [-0.15, -0.1) is 11.3 Å². The maximum Gasteiger partial charge on any atom is 0.211 e. The summed E-state index contributed by atoms with van der Waals surface area (Å²) in [5.41, 5.74) is 0.804. The van der Waals surface area contributed by atoms with Crippen molar-refractivity contribution in [3.8, 4) is 11.8 Å². The smallest absolute Gasteiger partial charge is 0.211 e. The van der Waals surface area contributed by atoms with Crippen LogP contribution in [-0.4, -0.2) is 25.9 Å². The SMILES string of the molecule is CC(C)(C)CCS(=O)(=O)NCc1cc(C#CCO)cs1. The third-order valence-corrected chi connectivity index (χ3v) is 4.82. The summed E-state index contributed by atoms with van der Waals surface area (Å²) in [4.78, 5) is 0.909. The molecule has 0 aliphatic heterocycles. The van der Waals surface area contributed by atoms with Crippen molar-refractivity contribution < 1.29 is 13.5 Å². The molecule has 2 N–H and O–H groups in total. The van der Waals surface area contributed by atoms with Gasteiger partial charge < -0.3 is 5.11 Å². The molecule has 1 heterocycles. The van der Waals surface area contributed by atoms with Crippen LogP contribution in [0.15, 0.2) is 11.4 Å². The highest BCUT2D eigenvalue weighted by Crippen LogP contribution is 2.19. The van der Waals surface area contributed by atoms with Crippen LogP contribution in [0, 0.1) is 17.3 Å². The van der Waals surface area contributed by atoms with Crippen molar-refractivity contribution in [1.29, 1.82) is 0 Å². The molecule has 0 aromatic carbocycles. The van der Waals surface area contributed by atoms with E-state index in [1.54, 1.807) is 0 Å². The molecule has 1 aromatic heterocycles. The van der Waals surface area contributed by atoms with Gasteiger partial charge >= 0.3 is 0 Å². The van der Waals surface area contributed by atoms with Crippen LogP contribution in [0.4, 0.5) is 0 Å². The minimum absolute atomic E-state index is 0.00470. The van der Waals surface area contributed by atoms with Gasteiger partial charge in [0.05, 0.1) is 5.75 Å². The molecule has 1 rings (SSSR count). The summed E-state index contributed by atoms with van der Waals surface area (Å²) in [5, 5.41) is 10.5. The number of thiophene rings is 1. The molecule has 0 amide bonds. The number of rotatable bonds is 5. The summed E-state index contributed by atoms with van der Waals surface area (Å²) in [6, 6.07) is 1.83. The van der Waals surface area contributed by atoms with Gasteiger partial charge in [-0.05, 0) is 17.9 Å². The standard InChI is InChI=1S/C14H21NO3S2/c1-14(2,3)6-8-20(17,18)15-10-13-9-12(11-19-13)5-4-7-16/h9,11,15-16H,6-8,10H2,1-3H3. The number of hydrogen-bond acceptors (Lipinski definition) is 4. The van der Waals surface area contributed by atoms with E-state index in [1.807, 2.05) is 32.2 Å². The second kappa shape index (κ2) is 7.23. The van der Waals surface area contributed by atoms with Gasteiger partial charge in [-0.3, -0.25) is 0 Å². The Bertz CT molecular complexity index is 586. The normalized spacial score (nSPS) is 12.0. The lowest BCUT2D eigenvalue weighted by Gasteiger charge is -2.17. The number of nitrogens with one attached hydrogen (secondary N) is 1. The molecule has 0 aliphatic rings. The number of aliphatic hydroxyl groups is 1. The van der Waals surface area contributed by atoms with Crippen molar-refractivity contribution in [2.75, 3.05) is 12.4 Å². The maximum absolute atomic E-state index is 11.9. The molecule has 0 atom stereocenters. The topological polar surface area (TPSA) is 66.4 Å². The molecule has 6 heteroatoms. The summed E-state index contributed by atoms with van der Waals surface area (Å²) in [5.74, 6) is 5.49. The quantitative estimate of drug-likeness (QED) is 0.816. The predicted octanol–water partition coefficient (Wildman–Crippen LogP) is 1.95. The van der Waals surface area contributed by atoms with E-state index in [0.717, 1.165) is 10.4 Å². The molecule has 0 radical (unpaired) electrons. The van der Waals surface area contributed by atoms with E-state index in [0.29, 0.717) is 6.42 Å². The van der Waals surface area contributed by atoms with Crippen molar-refractivity contribution in [1.82, 2.24) is 4.72 Å². The van der Waals surface area contributed by atoms with Gasteiger partial charge in [-0.1, -0.05) is 32.6 Å². The van der Waals surface area contributed by atoms with Crippen molar-refractivity contribution >= 4 is 21.4 Å². The number of hydrogen-bond donors (Lipinski definition) is 2. The minimum Gasteiger partial charge on any atom is -0.384 e. The Labute approximate surface area is 125 Å². The first-order valence-corrected chi connectivity index (χ1v) is 8.89. The zero-order valence-electron chi connectivity index (χ0n) is 12.1. The van der Waals surface area contributed by atoms with Crippen LogP contribution in [0.5, 0.6) is 0 Å². The molecule has 0 fully saturated rings. The highest BCUT2D eigenvalue weighted by Gasteiger charge is 2.17. The van der Waals surface area contributed by atoms with E-state index in [2.05, 4.69) is 16.6 Å². The first kappa shape index (κ1) is 17.2. The average Bonchev–Trinajstić information content (AvgIpc) is 2.79. The first-order valence-electron chi connectivity index (χ1n) is 6.36. The third-order valence-electron chi connectivity index (χ3n) is 2.55. The lowest BCUT2D eigenvalue weighted by Crippen LogP contribution is -2.27. The lowest BCUT2D eigenvalue weighted by atomic mass is 9.94. The number of aliphatic hydroxyl groups excluding tert-OH is 1. The van der Waals surface area contributed by atoms with Crippen molar-refractivity contribution in [2.24, 2.45) is 5.41 Å². The monoisotopic (exact) mass is 315 g/mol. The number of sulfonamides is 1. The maximum atomic E-state index is 11.9. The zero-order chi connectivity index (χ0) is 15.2. The van der Waals surface area contributed by atoms with Crippen LogP contribution in [0.2, 0.25) is 0 Å². The van der Waals surface area contributed by atoms with Gasteiger partial charge in [-0.2, -0.15) is 0 Å². The Morgan fingerprint density at radius 3 is 2.70 bits per heavy atom. The molecule has 0 saturated heterocycles. The molecule has 112 valence electrons. The van der Waals surface area contributed by atoms with E-state index in [9.17, 15) is 8.42 Å². The Balaban J connectivity index is 2.52. The zero-order valence-corrected chi connectivity index (χ0v) is 13.7. The van der Waals surface area contributed by atoms with E-state index in [-0.39, 0.29) is 24.3 Å². The molecule has 0 unspecified atom stereocenters. The fourth-order valence-electron chi connectivity index (χ4n) is 1.37. The Kier molecular flexibility index (Phi) is 6.21. The van der Waals surface area contributed by atoms with Crippen LogP contribution in [0.3, 0.4) is 0 Å². The van der Waals surface area contributed by atoms with Gasteiger partial charge in [0.1, 0.15) is 6.61 Å². The molecule has 0 spiro atoms. The summed E-state index contributed by atoms with van der Waals surface area (Å²) in [6.07, 6.45) is 0.625. The van der Waals surface area contributed by atoms with Gasteiger partial charge in [0.15, 0.2) is 0 Å². The molecule has 4 nitrogen and oxygen atoms in total. The van der Waals surface area contributed by atoms with Gasteiger partial charge in [-0.25, -0.2) is 13.1 Å². The average molecular weight is 315 g/mol. The van der Waals surface area contributed by atoms with E-state index in [1.165, 1.54) is 11.3 Å². The van der Waals surface area contributed by atoms with Crippen molar-refractivity contribution in [3.05, 3.63) is 21.9 Å². The summed E-state index contributed by atoms with van der Waals surface area (Å²) < 4.78 is 26.3. The third kappa shape index (κ3) is 7.06. The molecule has 1 aromatic rings. The molecular formula is C14H21NO3S2. The van der Waals surface area contributed by atoms with E-state index < -0.39 is 10.0 Å². The predicted molar refractivity (Wildman–Crippen MR) is 83.0 cm³/mol. The fourth-order valence-corrected chi connectivity index (χ4v) is 3.62. The second-order valence-corrected chi connectivity index (χ2v) is 8.63. The largest absolute Gasteiger partial charge is 0.384 e. The molecular weight excluding hydrogens is 294 g/mol. The fraction of sp³-hybridized carbons (Fsp3) is 0.571. The summed E-state index contributed by atoms with van der Waals surface area (Å²) >= 11 is 1.45. The molecule has 0 saturated carbocycles. The van der Waals surface area contributed by atoms with Crippen LogP contribution >= 0.6 is 11.3 Å². The van der Waals surface area contributed by atoms with Crippen LogP contribution in [0.25, 0.3) is 0 Å². The second-order valence-electron chi connectivity index (χ2n) is 5.71. The Morgan fingerprint density at radius 2 is 2.10 bits per heavy atom. The molecule has 0 aliphatic carbocycles. The Hall–Kier alpha value is -0.870. The van der Waals surface area contributed by atoms with Gasteiger partial charge in [0, 0.05) is 22.4 Å². The lowest BCUT2D eigenvalue weighted by molar-refractivity contribution is 0.350. The van der Waals surface area contributed by atoms with Gasteiger partial charge in [0.25, 0.3) is 0 Å². The summed E-state index contributed by atoms with van der Waals surface area (Å²) in [6.45, 7) is 6.18. The van der Waals surface area contributed by atoms with E-state index in [4.69, 9.17) is 5.11 Å². The van der Waals surface area contributed by atoms with E-state index >= 15 is 0 Å². The highest BCUT2D eigenvalue weighted by atomic mass is 32.2. The van der Waals surface area contributed by atoms with Crippen LogP contribution < -0.4 is 4.72 Å².